The van der Waals surface area contributed by atoms with Crippen molar-refractivity contribution in [2.24, 2.45) is 5.92 Å². The van der Waals surface area contributed by atoms with Crippen molar-refractivity contribution in [1.29, 1.82) is 0 Å². The van der Waals surface area contributed by atoms with Gasteiger partial charge in [-0.05, 0) is 31.8 Å². The van der Waals surface area contributed by atoms with E-state index in [0.717, 1.165) is 6.42 Å². The molecule has 0 rings (SSSR count). The molecule has 0 aliphatic heterocycles. The van der Waals surface area contributed by atoms with Crippen molar-refractivity contribution in [3.63, 3.8) is 0 Å². The molecule has 0 aliphatic carbocycles. The van der Waals surface area contributed by atoms with Gasteiger partial charge in [0.05, 0.1) is 0 Å². The summed E-state index contributed by atoms with van der Waals surface area (Å²) in [5, 5.41) is 0. The molecule has 0 amide bonds. The van der Waals surface area contributed by atoms with Crippen LogP contribution in [-0.4, -0.2) is 0 Å². The third-order valence-electron chi connectivity index (χ3n) is 1.90. The van der Waals surface area contributed by atoms with Crippen molar-refractivity contribution >= 4 is 0 Å². The van der Waals surface area contributed by atoms with Gasteiger partial charge in [-0.3, -0.25) is 0 Å². The van der Waals surface area contributed by atoms with Crippen molar-refractivity contribution in [2.75, 3.05) is 0 Å². The number of hydrogen-bond donors (Lipinski definition) is 0. The lowest BCUT2D eigenvalue weighted by Crippen LogP contribution is -1.94. The molecule has 0 aromatic heterocycles. The summed E-state index contributed by atoms with van der Waals surface area (Å²) >= 11 is 0. The van der Waals surface area contributed by atoms with Crippen molar-refractivity contribution < 1.29 is 0 Å². The van der Waals surface area contributed by atoms with Crippen LogP contribution in [0, 0.1) is 5.92 Å². The highest BCUT2D eigenvalue weighted by atomic mass is 14.1. The maximum absolute atomic E-state index is 2.29. The van der Waals surface area contributed by atoms with Gasteiger partial charge in [-0.25, -0.2) is 0 Å². The van der Waals surface area contributed by atoms with E-state index in [-0.39, 0.29) is 0 Å². The smallest absolute Gasteiger partial charge is 0.0220 e. The first-order valence-corrected chi connectivity index (χ1v) is 4.46. The number of rotatable bonds is 3. The van der Waals surface area contributed by atoms with Crippen molar-refractivity contribution in [1.82, 2.24) is 0 Å². The highest BCUT2D eigenvalue weighted by molar-refractivity contribution is 5.29. The van der Waals surface area contributed by atoms with E-state index in [4.69, 9.17) is 0 Å². The summed E-state index contributed by atoms with van der Waals surface area (Å²) in [6.45, 7) is 11.0. The Kier molecular flexibility index (Phi) is 4.93. The third kappa shape index (κ3) is 3.41. The maximum Gasteiger partial charge on any atom is -0.0220 e. The molecule has 0 fully saturated rings. The molecule has 0 radical (unpaired) electrons. The molecule has 0 bridgehead atoms. The third-order valence-corrected chi connectivity index (χ3v) is 1.90. The van der Waals surface area contributed by atoms with Gasteiger partial charge in [0.2, 0.25) is 0 Å². The second-order valence-corrected chi connectivity index (χ2v) is 3.19. The van der Waals surface area contributed by atoms with E-state index in [0.29, 0.717) is 5.92 Å². The van der Waals surface area contributed by atoms with Crippen LogP contribution in [0.5, 0.6) is 0 Å². The lowest BCUT2D eigenvalue weighted by atomic mass is 9.95. The molecule has 0 spiro atoms. The minimum absolute atomic E-state index is 0.655. The monoisotopic (exact) mass is 152 g/mol. The van der Waals surface area contributed by atoms with E-state index >= 15 is 0 Å². The molecule has 0 nitrogen and oxygen atoms in total. The molecule has 0 unspecified atom stereocenters. The molecule has 0 aliphatic rings. The van der Waals surface area contributed by atoms with Crippen molar-refractivity contribution in [3.05, 3.63) is 23.3 Å². The molecule has 0 heterocycles. The lowest BCUT2D eigenvalue weighted by Gasteiger charge is -2.10. The van der Waals surface area contributed by atoms with Gasteiger partial charge >= 0.3 is 0 Å². The second kappa shape index (κ2) is 5.17. The summed E-state index contributed by atoms with van der Waals surface area (Å²) < 4.78 is 0. The summed E-state index contributed by atoms with van der Waals surface area (Å²) in [4.78, 5) is 0. The van der Waals surface area contributed by atoms with Crippen LogP contribution in [0.4, 0.5) is 0 Å². The molecular weight excluding hydrogens is 132 g/mol. The molecule has 11 heavy (non-hydrogen) atoms. The van der Waals surface area contributed by atoms with Gasteiger partial charge in [0, 0.05) is 0 Å². The Morgan fingerprint density at radius 2 is 1.91 bits per heavy atom. The summed E-state index contributed by atoms with van der Waals surface area (Å²) in [7, 11) is 0. The molecule has 0 atom stereocenters. The fourth-order valence-electron chi connectivity index (χ4n) is 1.44. The number of hydrogen-bond acceptors (Lipinski definition) is 0. The molecule has 0 aromatic rings. The molecule has 0 saturated heterocycles. The largest absolute Gasteiger partial charge is 0.0839 e. The van der Waals surface area contributed by atoms with E-state index in [1.807, 2.05) is 0 Å². The Bertz CT molecular complexity index is 159. The van der Waals surface area contributed by atoms with Gasteiger partial charge in [0.25, 0.3) is 0 Å². The zero-order valence-corrected chi connectivity index (χ0v) is 8.44. The zero-order valence-electron chi connectivity index (χ0n) is 8.44. The summed E-state index contributed by atoms with van der Waals surface area (Å²) in [6, 6.07) is 0. The standard InChI is InChI=1S/C11H20/c1-6-8-10(5)11(7-2)9(3)4/h7-9H,6H2,1-5H3/b10-8+,11-7+. The maximum atomic E-state index is 2.29. The van der Waals surface area contributed by atoms with Gasteiger partial charge in [-0.1, -0.05) is 38.5 Å². The van der Waals surface area contributed by atoms with Crippen LogP contribution < -0.4 is 0 Å². The Hall–Kier alpha value is -0.520. The van der Waals surface area contributed by atoms with Crippen LogP contribution in [0.2, 0.25) is 0 Å². The highest BCUT2D eigenvalue weighted by Gasteiger charge is 2.02. The van der Waals surface area contributed by atoms with E-state index in [1.54, 1.807) is 0 Å². The molecule has 0 heteroatoms. The first kappa shape index (κ1) is 10.5. The van der Waals surface area contributed by atoms with Gasteiger partial charge in [0.1, 0.15) is 0 Å². The van der Waals surface area contributed by atoms with Gasteiger partial charge in [0.15, 0.2) is 0 Å². The highest BCUT2D eigenvalue weighted by Crippen LogP contribution is 2.18. The Balaban J connectivity index is 4.40. The molecule has 0 saturated carbocycles. The van der Waals surface area contributed by atoms with Crippen LogP contribution in [0.1, 0.15) is 41.0 Å². The lowest BCUT2D eigenvalue weighted by molar-refractivity contribution is 0.774. The second-order valence-electron chi connectivity index (χ2n) is 3.19. The van der Waals surface area contributed by atoms with Crippen LogP contribution in [-0.2, 0) is 0 Å². The van der Waals surface area contributed by atoms with Crippen LogP contribution in [0.25, 0.3) is 0 Å². The summed E-state index contributed by atoms with van der Waals surface area (Å²) in [5.74, 6) is 0.655. The molecular formula is C11H20. The van der Waals surface area contributed by atoms with E-state index < -0.39 is 0 Å². The predicted molar refractivity (Wildman–Crippen MR) is 52.6 cm³/mol. The van der Waals surface area contributed by atoms with E-state index in [2.05, 4.69) is 46.8 Å². The summed E-state index contributed by atoms with van der Waals surface area (Å²) in [6.07, 6.45) is 5.64. The van der Waals surface area contributed by atoms with E-state index in [1.165, 1.54) is 11.1 Å². The minimum Gasteiger partial charge on any atom is -0.0839 e. The van der Waals surface area contributed by atoms with Crippen LogP contribution in [0.3, 0.4) is 0 Å². The van der Waals surface area contributed by atoms with Gasteiger partial charge in [-0.2, -0.15) is 0 Å². The van der Waals surface area contributed by atoms with Crippen LogP contribution >= 0.6 is 0 Å². The van der Waals surface area contributed by atoms with Gasteiger partial charge in [-0.15, -0.1) is 0 Å². The topological polar surface area (TPSA) is 0 Å². The first-order chi connectivity index (χ1) is 5.13. The fourth-order valence-corrected chi connectivity index (χ4v) is 1.44. The number of allylic oxidation sites excluding steroid dienone is 4. The van der Waals surface area contributed by atoms with Gasteiger partial charge < -0.3 is 0 Å². The Morgan fingerprint density at radius 1 is 1.36 bits per heavy atom. The average molecular weight is 152 g/mol. The Morgan fingerprint density at radius 3 is 2.18 bits per heavy atom. The average Bonchev–Trinajstić information content (AvgIpc) is 1.88. The molecule has 0 N–H and O–H groups in total. The van der Waals surface area contributed by atoms with Crippen molar-refractivity contribution in [2.45, 2.75) is 41.0 Å². The predicted octanol–water partition coefficient (Wildman–Crippen LogP) is 3.95. The SMILES string of the molecule is C/C=C(/C(C)=C/CC)C(C)C. The van der Waals surface area contributed by atoms with Crippen molar-refractivity contribution in [3.8, 4) is 0 Å². The quantitative estimate of drug-likeness (QED) is 0.537. The van der Waals surface area contributed by atoms with E-state index in [9.17, 15) is 0 Å². The molecule has 0 aromatic carbocycles. The Labute approximate surface area is 71.0 Å². The first-order valence-electron chi connectivity index (χ1n) is 4.46. The summed E-state index contributed by atoms with van der Waals surface area (Å²) in [5.41, 5.74) is 2.91. The van der Waals surface area contributed by atoms with Crippen LogP contribution in [0.15, 0.2) is 23.3 Å². The fraction of sp³-hybridized carbons (Fsp3) is 0.636. The minimum atomic E-state index is 0.655. The normalized spacial score (nSPS) is 14.4. The zero-order chi connectivity index (χ0) is 8.85. The molecule has 64 valence electrons.